The van der Waals surface area contributed by atoms with Gasteiger partial charge in [-0.1, -0.05) is 5.21 Å². The highest BCUT2D eigenvalue weighted by Crippen LogP contribution is 2.27. The summed E-state index contributed by atoms with van der Waals surface area (Å²) in [6.45, 7) is 3.67. The van der Waals surface area contributed by atoms with Gasteiger partial charge >= 0.3 is 6.18 Å². The minimum Gasteiger partial charge on any atom is -0.294 e. The van der Waals surface area contributed by atoms with Crippen molar-refractivity contribution < 1.29 is 13.2 Å². The molecular formula is C20H18F3N11O2. The molecule has 0 aliphatic rings. The molecule has 0 saturated heterocycles. The van der Waals surface area contributed by atoms with E-state index in [-0.39, 0.29) is 34.4 Å². The maximum atomic E-state index is 13.1. The van der Waals surface area contributed by atoms with E-state index in [0.717, 1.165) is 15.4 Å². The fraction of sp³-hybridized carbons (Fsp3) is 0.350. The van der Waals surface area contributed by atoms with Gasteiger partial charge in [-0.25, -0.2) is 9.67 Å². The van der Waals surface area contributed by atoms with Crippen molar-refractivity contribution >= 4 is 21.8 Å². The van der Waals surface area contributed by atoms with Crippen molar-refractivity contribution in [2.24, 2.45) is 0 Å². The van der Waals surface area contributed by atoms with Crippen LogP contribution in [0.4, 0.5) is 13.2 Å². The van der Waals surface area contributed by atoms with Crippen molar-refractivity contribution in [3.05, 3.63) is 63.5 Å². The van der Waals surface area contributed by atoms with Crippen molar-refractivity contribution in [3.8, 4) is 0 Å². The molecule has 0 aliphatic carbocycles. The first kappa shape index (κ1) is 23.3. The first-order chi connectivity index (χ1) is 17.1. The number of hydrogen-bond donors (Lipinski definition) is 0. The summed E-state index contributed by atoms with van der Waals surface area (Å²) in [6, 6.07) is 2.77. The lowest BCUT2D eigenvalue weighted by Gasteiger charge is -2.15. The summed E-state index contributed by atoms with van der Waals surface area (Å²) in [4.78, 5) is 31.9. The minimum absolute atomic E-state index is 0.0365. The third kappa shape index (κ3) is 4.20. The van der Waals surface area contributed by atoms with E-state index in [1.165, 1.54) is 40.3 Å². The summed E-state index contributed by atoms with van der Waals surface area (Å²) in [5.41, 5.74) is -1.40. The van der Waals surface area contributed by atoms with Crippen LogP contribution >= 0.6 is 0 Å². The molecule has 0 N–H and O–H groups in total. The van der Waals surface area contributed by atoms with Crippen LogP contribution in [-0.2, 0) is 19.3 Å². The van der Waals surface area contributed by atoms with Gasteiger partial charge in [0.15, 0.2) is 12.0 Å². The zero-order valence-electron chi connectivity index (χ0n) is 18.9. The quantitative estimate of drug-likeness (QED) is 0.314. The van der Waals surface area contributed by atoms with E-state index < -0.39 is 23.5 Å². The molecule has 0 radical (unpaired) electrons. The van der Waals surface area contributed by atoms with E-state index in [4.69, 9.17) is 0 Å². The summed E-state index contributed by atoms with van der Waals surface area (Å²) < 4.78 is 42.0. The molecule has 0 saturated carbocycles. The summed E-state index contributed by atoms with van der Waals surface area (Å²) in [5.74, 6) is 0. The highest BCUT2D eigenvalue weighted by Gasteiger charge is 2.33. The molecule has 0 spiro atoms. The fourth-order valence-corrected chi connectivity index (χ4v) is 3.85. The average Bonchev–Trinajstić information content (AvgIpc) is 3.51. The van der Waals surface area contributed by atoms with Crippen LogP contribution in [0.5, 0.6) is 0 Å². The minimum atomic E-state index is -4.56. The summed E-state index contributed by atoms with van der Waals surface area (Å²) >= 11 is 0. The molecule has 0 fully saturated rings. The summed E-state index contributed by atoms with van der Waals surface area (Å²) in [5, 5.41) is 23.3. The fourth-order valence-electron chi connectivity index (χ4n) is 3.85. The molecule has 4 aromatic heterocycles. The number of alkyl halides is 3. The number of rotatable bonds is 6. The van der Waals surface area contributed by atoms with E-state index >= 15 is 0 Å². The molecule has 0 amide bonds. The highest BCUT2D eigenvalue weighted by atomic mass is 19.4. The van der Waals surface area contributed by atoms with E-state index in [9.17, 15) is 22.8 Å². The second kappa shape index (κ2) is 8.62. The van der Waals surface area contributed by atoms with Crippen LogP contribution in [0.25, 0.3) is 21.8 Å². The number of benzene rings is 1. The number of aromatic nitrogens is 11. The predicted octanol–water partition coefficient (Wildman–Crippen LogP) is 1.23. The van der Waals surface area contributed by atoms with Crippen molar-refractivity contribution in [1.82, 2.24) is 54.5 Å². The number of fused-ring (bicyclic) bond motifs is 2. The lowest BCUT2D eigenvalue weighted by Crippen LogP contribution is -2.30. The molecule has 4 heterocycles. The average molecular weight is 501 g/mol. The molecule has 5 aromatic rings. The van der Waals surface area contributed by atoms with Crippen LogP contribution in [0.1, 0.15) is 31.6 Å². The van der Waals surface area contributed by atoms with Gasteiger partial charge in [0.25, 0.3) is 11.1 Å². The van der Waals surface area contributed by atoms with E-state index in [2.05, 4.69) is 35.8 Å². The molecule has 0 unspecified atom stereocenters. The molecule has 0 aliphatic heterocycles. The SMILES string of the molecule is C[C@H](Cn1ncnn1)n1cnc2cc3c(=O)n([C@H](C)Cn4ccc(C(F)(F)F)n4)nnc3cc2c1=O. The molecule has 13 nitrogen and oxygen atoms in total. The lowest BCUT2D eigenvalue weighted by molar-refractivity contribution is -0.141. The maximum absolute atomic E-state index is 13.1. The first-order valence-electron chi connectivity index (χ1n) is 10.7. The second-order valence-corrected chi connectivity index (χ2v) is 8.29. The number of hydrogen-bond acceptors (Lipinski definition) is 9. The Bertz CT molecular complexity index is 1670. The number of halogens is 3. The van der Waals surface area contributed by atoms with Gasteiger partial charge in [-0.2, -0.15) is 23.1 Å². The lowest BCUT2D eigenvalue weighted by atomic mass is 10.1. The van der Waals surface area contributed by atoms with Gasteiger partial charge in [0.2, 0.25) is 0 Å². The Kier molecular flexibility index (Phi) is 5.57. The van der Waals surface area contributed by atoms with Crippen LogP contribution in [0.3, 0.4) is 0 Å². The van der Waals surface area contributed by atoms with Gasteiger partial charge in [0, 0.05) is 6.20 Å². The summed E-state index contributed by atoms with van der Waals surface area (Å²) in [6.07, 6.45) is -0.710. The van der Waals surface area contributed by atoms with E-state index in [0.29, 0.717) is 12.1 Å². The molecule has 16 heteroatoms. The highest BCUT2D eigenvalue weighted by molar-refractivity contribution is 5.93. The molecule has 36 heavy (non-hydrogen) atoms. The Hall–Kier alpha value is -4.50. The smallest absolute Gasteiger partial charge is 0.294 e. The van der Waals surface area contributed by atoms with Crippen molar-refractivity contribution in [1.29, 1.82) is 0 Å². The predicted molar refractivity (Wildman–Crippen MR) is 118 cm³/mol. The standard InChI is InChI=1S/C20H18F3N11O2/c1-11(8-33-26-9-25-29-33)32-10-24-15-5-14-16(6-13(15)18(32)35)27-30-34(19(14)36)12(2)7-31-4-3-17(28-31)20(21,22)23/h3-6,9-12H,7-8H2,1-2H3/t11-,12-/m1/s1. The van der Waals surface area contributed by atoms with E-state index in [1.54, 1.807) is 13.8 Å². The van der Waals surface area contributed by atoms with E-state index in [1.807, 2.05) is 0 Å². The second-order valence-electron chi connectivity index (χ2n) is 8.29. The van der Waals surface area contributed by atoms with Gasteiger partial charge in [0.05, 0.1) is 47.8 Å². The Labute approximate surface area is 198 Å². The topological polar surface area (TPSA) is 144 Å². The van der Waals surface area contributed by atoms with Crippen LogP contribution in [-0.4, -0.2) is 54.5 Å². The Balaban J connectivity index is 1.48. The zero-order valence-corrected chi connectivity index (χ0v) is 18.9. The Morgan fingerprint density at radius 1 is 0.972 bits per heavy atom. The first-order valence-corrected chi connectivity index (χ1v) is 10.7. The third-order valence-corrected chi connectivity index (χ3v) is 5.68. The van der Waals surface area contributed by atoms with Crippen LogP contribution in [0.2, 0.25) is 0 Å². The normalized spacial score (nSPS) is 13.9. The zero-order chi connectivity index (χ0) is 25.6. The largest absolute Gasteiger partial charge is 0.435 e. The molecule has 2 atom stereocenters. The van der Waals surface area contributed by atoms with Crippen LogP contribution < -0.4 is 11.1 Å². The van der Waals surface area contributed by atoms with Crippen molar-refractivity contribution in [2.45, 2.75) is 45.2 Å². The molecule has 186 valence electrons. The van der Waals surface area contributed by atoms with Crippen molar-refractivity contribution in [3.63, 3.8) is 0 Å². The Morgan fingerprint density at radius 3 is 2.42 bits per heavy atom. The van der Waals surface area contributed by atoms with Crippen LogP contribution in [0.15, 0.2) is 46.6 Å². The Morgan fingerprint density at radius 2 is 1.72 bits per heavy atom. The van der Waals surface area contributed by atoms with Gasteiger partial charge in [-0.3, -0.25) is 18.8 Å². The van der Waals surface area contributed by atoms with Gasteiger partial charge in [0.1, 0.15) is 5.52 Å². The van der Waals surface area contributed by atoms with Gasteiger partial charge in [-0.15, -0.1) is 15.3 Å². The monoisotopic (exact) mass is 501 g/mol. The third-order valence-electron chi connectivity index (χ3n) is 5.68. The van der Waals surface area contributed by atoms with Gasteiger partial charge in [-0.05, 0) is 37.3 Å². The maximum Gasteiger partial charge on any atom is 0.435 e. The van der Waals surface area contributed by atoms with Gasteiger partial charge < -0.3 is 0 Å². The number of nitrogens with zero attached hydrogens (tertiary/aromatic N) is 11. The molecule has 0 bridgehead atoms. The van der Waals surface area contributed by atoms with Crippen molar-refractivity contribution in [2.75, 3.05) is 0 Å². The molecule has 5 rings (SSSR count). The number of tetrazole rings is 1. The summed E-state index contributed by atoms with van der Waals surface area (Å²) in [7, 11) is 0. The molecular weight excluding hydrogens is 483 g/mol. The molecule has 1 aromatic carbocycles. The van der Waals surface area contributed by atoms with Crippen LogP contribution in [0, 0.1) is 0 Å².